The van der Waals surface area contributed by atoms with Gasteiger partial charge in [-0.3, -0.25) is 4.79 Å². The monoisotopic (exact) mass is 289 g/mol. The van der Waals surface area contributed by atoms with Crippen LogP contribution in [0.15, 0.2) is 46.9 Å². The fourth-order valence-electron chi connectivity index (χ4n) is 2.00. The summed E-state index contributed by atoms with van der Waals surface area (Å²) < 4.78 is 5.50. The lowest BCUT2D eigenvalue weighted by atomic mass is 10.1. The van der Waals surface area contributed by atoms with Crippen molar-refractivity contribution >= 4 is 18.5 Å². The second-order valence-corrected chi connectivity index (χ2v) is 5.51. The van der Waals surface area contributed by atoms with Gasteiger partial charge in [0.05, 0.1) is 11.3 Å². The molecule has 0 saturated carbocycles. The van der Waals surface area contributed by atoms with Gasteiger partial charge in [0.1, 0.15) is 11.5 Å². The van der Waals surface area contributed by atoms with Crippen molar-refractivity contribution in [1.29, 1.82) is 0 Å². The third kappa shape index (κ3) is 3.90. The van der Waals surface area contributed by atoms with E-state index in [2.05, 4.69) is 17.9 Å². The highest BCUT2D eigenvalue weighted by Crippen LogP contribution is 2.16. The van der Waals surface area contributed by atoms with Crippen molar-refractivity contribution < 1.29 is 9.21 Å². The Morgan fingerprint density at radius 1 is 1.25 bits per heavy atom. The first-order chi connectivity index (χ1) is 9.56. The molecule has 2 aromatic rings. The van der Waals surface area contributed by atoms with Crippen molar-refractivity contribution in [2.24, 2.45) is 0 Å². The third-order valence-corrected chi connectivity index (χ3v) is 3.54. The number of benzene rings is 1. The van der Waals surface area contributed by atoms with Crippen LogP contribution in [0.1, 0.15) is 30.0 Å². The van der Waals surface area contributed by atoms with E-state index < -0.39 is 0 Å². The lowest BCUT2D eigenvalue weighted by Gasteiger charge is -2.15. The molecule has 0 bridgehead atoms. The Morgan fingerprint density at radius 2 is 1.95 bits per heavy atom. The Hall–Kier alpha value is -1.68. The number of carbonyl (C=O) groups is 1. The Bertz CT molecular complexity index is 565. The molecule has 1 aromatic heterocycles. The van der Waals surface area contributed by atoms with Crippen LogP contribution in [0.2, 0.25) is 0 Å². The summed E-state index contributed by atoms with van der Waals surface area (Å²) in [4.78, 5) is 12.1. The van der Waals surface area contributed by atoms with Gasteiger partial charge >= 0.3 is 0 Å². The van der Waals surface area contributed by atoms with Gasteiger partial charge < -0.3 is 9.73 Å². The molecule has 0 fully saturated rings. The average Bonchev–Trinajstić information content (AvgIpc) is 2.86. The van der Waals surface area contributed by atoms with Gasteiger partial charge in [-0.1, -0.05) is 30.3 Å². The molecule has 2 unspecified atom stereocenters. The molecule has 0 aliphatic heterocycles. The van der Waals surface area contributed by atoms with E-state index in [1.807, 2.05) is 56.3 Å². The largest absolute Gasteiger partial charge is 0.464 e. The van der Waals surface area contributed by atoms with Gasteiger partial charge in [0.25, 0.3) is 0 Å². The van der Waals surface area contributed by atoms with E-state index in [4.69, 9.17) is 4.42 Å². The van der Waals surface area contributed by atoms with E-state index in [1.165, 1.54) is 0 Å². The molecular formula is C16H19NO2S. The van der Waals surface area contributed by atoms with Crippen LogP contribution < -0.4 is 5.32 Å². The van der Waals surface area contributed by atoms with Gasteiger partial charge in [0, 0.05) is 0 Å². The van der Waals surface area contributed by atoms with Crippen LogP contribution in [-0.4, -0.2) is 11.2 Å². The fraction of sp³-hybridized carbons (Fsp3) is 0.312. The van der Waals surface area contributed by atoms with Crippen molar-refractivity contribution in [1.82, 2.24) is 5.32 Å². The first kappa shape index (κ1) is 14.7. The number of aryl methyl sites for hydroxylation is 1. The Balaban J connectivity index is 1.91. The SMILES string of the molecule is Cc1ccc(C(C)NC(=O)C(S)Cc2ccccc2)o1. The molecule has 20 heavy (non-hydrogen) atoms. The molecule has 0 saturated heterocycles. The van der Waals surface area contributed by atoms with E-state index in [0.717, 1.165) is 17.1 Å². The number of hydrogen-bond acceptors (Lipinski definition) is 3. The summed E-state index contributed by atoms with van der Waals surface area (Å²) >= 11 is 4.39. The quantitative estimate of drug-likeness (QED) is 0.829. The first-order valence-electron chi connectivity index (χ1n) is 6.65. The van der Waals surface area contributed by atoms with Crippen molar-refractivity contribution in [3.63, 3.8) is 0 Å². The highest BCUT2D eigenvalue weighted by molar-refractivity contribution is 7.81. The summed E-state index contributed by atoms with van der Waals surface area (Å²) in [6.45, 7) is 3.79. The van der Waals surface area contributed by atoms with Crippen LogP contribution in [0.4, 0.5) is 0 Å². The van der Waals surface area contributed by atoms with E-state index in [-0.39, 0.29) is 17.2 Å². The van der Waals surface area contributed by atoms with E-state index >= 15 is 0 Å². The maximum atomic E-state index is 12.1. The molecule has 1 amide bonds. The van der Waals surface area contributed by atoms with Crippen molar-refractivity contribution in [2.75, 3.05) is 0 Å². The molecule has 0 spiro atoms. The highest BCUT2D eigenvalue weighted by atomic mass is 32.1. The fourth-order valence-corrected chi connectivity index (χ4v) is 2.28. The number of thiol groups is 1. The number of hydrogen-bond donors (Lipinski definition) is 2. The normalized spacial score (nSPS) is 13.8. The van der Waals surface area contributed by atoms with Crippen LogP contribution in [0.25, 0.3) is 0 Å². The Labute approximate surface area is 124 Å². The van der Waals surface area contributed by atoms with Crippen molar-refractivity contribution in [3.8, 4) is 0 Å². The van der Waals surface area contributed by atoms with E-state index in [1.54, 1.807) is 0 Å². The number of carbonyl (C=O) groups excluding carboxylic acids is 1. The first-order valence-corrected chi connectivity index (χ1v) is 7.16. The molecule has 1 N–H and O–H groups in total. The minimum Gasteiger partial charge on any atom is -0.464 e. The Kier molecular flexibility index (Phi) is 4.90. The van der Waals surface area contributed by atoms with Gasteiger partial charge in [0.15, 0.2) is 0 Å². The zero-order chi connectivity index (χ0) is 14.5. The van der Waals surface area contributed by atoms with Crippen molar-refractivity contribution in [2.45, 2.75) is 31.6 Å². The van der Waals surface area contributed by atoms with Crippen LogP contribution in [0.3, 0.4) is 0 Å². The second kappa shape index (κ2) is 6.66. The van der Waals surface area contributed by atoms with Crippen molar-refractivity contribution in [3.05, 3.63) is 59.5 Å². The molecule has 1 aromatic carbocycles. The van der Waals surface area contributed by atoms with Crippen LogP contribution in [0.5, 0.6) is 0 Å². The van der Waals surface area contributed by atoms with Crippen LogP contribution in [-0.2, 0) is 11.2 Å². The molecular weight excluding hydrogens is 270 g/mol. The molecule has 3 nitrogen and oxygen atoms in total. The van der Waals surface area contributed by atoms with Gasteiger partial charge in [-0.05, 0) is 38.0 Å². The molecule has 0 aliphatic carbocycles. The van der Waals surface area contributed by atoms with E-state index in [9.17, 15) is 4.79 Å². The minimum atomic E-state index is -0.365. The molecule has 4 heteroatoms. The molecule has 1 heterocycles. The second-order valence-electron chi connectivity index (χ2n) is 4.88. The lowest BCUT2D eigenvalue weighted by molar-refractivity contribution is -0.121. The predicted molar refractivity (Wildman–Crippen MR) is 82.9 cm³/mol. The van der Waals surface area contributed by atoms with E-state index in [0.29, 0.717) is 6.42 Å². The number of rotatable bonds is 5. The highest BCUT2D eigenvalue weighted by Gasteiger charge is 2.18. The molecule has 2 atom stereocenters. The standard InChI is InChI=1S/C16H19NO2S/c1-11-8-9-14(19-11)12(2)17-16(18)15(20)10-13-6-4-3-5-7-13/h3-9,12,15,20H,10H2,1-2H3,(H,17,18). The summed E-state index contributed by atoms with van der Waals surface area (Å²) in [5.74, 6) is 1.52. The lowest BCUT2D eigenvalue weighted by Crippen LogP contribution is -2.34. The topological polar surface area (TPSA) is 42.2 Å². The summed E-state index contributed by atoms with van der Waals surface area (Å²) in [6, 6.07) is 13.5. The zero-order valence-corrected chi connectivity index (χ0v) is 12.6. The van der Waals surface area contributed by atoms with Gasteiger partial charge in [-0.2, -0.15) is 12.6 Å². The molecule has 2 rings (SSSR count). The zero-order valence-electron chi connectivity index (χ0n) is 11.7. The smallest absolute Gasteiger partial charge is 0.233 e. The van der Waals surface area contributed by atoms with Crippen LogP contribution in [0, 0.1) is 6.92 Å². The van der Waals surface area contributed by atoms with Gasteiger partial charge in [0.2, 0.25) is 5.91 Å². The van der Waals surface area contributed by atoms with Gasteiger partial charge in [-0.15, -0.1) is 0 Å². The maximum absolute atomic E-state index is 12.1. The third-order valence-electron chi connectivity index (χ3n) is 3.12. The number of nitrogens with one attached hydrogen (secondary N) is 1. The van der Waals surface area contributed by atoms with Crippen LogP contribution >= 0.6 is 12.6 Å². The van der Waals surface area contributed by atoms with Gasteiger partial charge in [-0.25, -0.2) is 0 Å². The summed E-state index contributed by atoms with van der Waals surface area (Å²) in [5, 5.41) is 2.56. The molecule has 0 aliphatic rings. The summed E-state index contributed by atoms with van der Waals surface area (Å²) in [5.41, 5.74) is 1.10. The maximum Gasteiger partial charge on any atom is 0.233 e. The molecule has 106 valence electrons. The number of furan rings is 1. The predicted octanol–water partition coefficient (Wildman–Crippen LogP) is 3.31. The average molecular weight is 289 g/mol. The molecule has 0 radical (unpaired) electrons. The summed E-state index contributed by atoms with van der Waals surface area (Å²) in [7, 11) is 0. The minimum absolute atomic E-state index is 0.0845. The Morgan fingerprint density at radius 3 is 2.55 bits per heavy atom. The summed E-state index contributed by atoms with van der Waals surface area (Å²) in [6.07, 6.45) is 0.611. The number of amides is 1.